The van der Waals surface area contributed by atoms with Crippen molar-refractivity contribution in [2.24, 2.45) is 5.73 Å². The number of hydrogen-bond donors (Lipinski definition) is 3. The SMILES string of the molecule is Cc1[nH]c(=O)ccc1C[C@@H](N)C(=O)O. The average Bonchev–Trinajstić information content (AvgIpc) is 2.09. The Kier molecular flexibility index (Phi) is 3.03. The van der Waals surface area contributed by atoms with Gasteiger partial charge in [-0.1, -0.05) is 6.07 Å². The van der Waals surface area contributed by atoms with Gasteiger partial charge in [0.25, 0.3) is 0 Å². The van der Waals surface area contributed by atoms with E-state index < -0.39 is 12.0 Å². The van der Waals surface area contributed by atoms with Gasteiger partial charge in [0.05, 0.1) is 0 Å². The lowest BCUT2D eigenvalue weighted by Gasteiger charge is -2.08. The molecule has 1 heterocycles. The Labute approximate surface area is 80.6 Å². The Balaban J connectivity index is 2.87. The number of nitrogens with one attached hydrogen (secondary N) is 1. The molecule has 0 aliphatic carbocycles. The van der Waals surface area contributed by atoms with Gasteiger partial charge in [-0.05, 0) is 18.9 Å². The van der Waals surface area contributed by atoms with Crippen LogP contribution in [0.15, 0.2) is 16.9 Å². The molecule has 0 aromatic carbocycles. The van der Waals surface area contributed by atoms with E-state index in [0.29, 0.717) is 5.69 Å². The number of nitrogens with two attached hydrogens (primary N) is 1. The van der Waals surface area contributed by atoms with Crippen molar-refractivity contribution in [1.82, 2.24) is 4.98 Å². The van der Waals surface area contributed by atoms with Crippen molar-refractivity contribution in [2.75, 3.05) is 0 Å². The molecule has 0 fully saturated rings. The second kappa shape index (κ2) is 4.06. The Morgan fingerprint density at radius 2 is 2.29 bits per heavy atom. The largest absolute Gasteiger partial charge is 0.480 e. The number of H-pyrrole nitrogens is 1. The van der Waals surface area contributed by atoms with Crippen LogP contribution in [-0.2, 0) is 11.2 Å². The fraction of sp³-hybridized carbons (Fsp3) is 0.333. The summed E-state index contributed by atoms with van der Waals surface area (Å²) in [6.45, 7) is 1.71. The summed E-state index contributed by atoms with van der Waals surface area (Å²) >= 11 is 0. The molecule has 1 aromatic heterocycles. The minimum Gasteiger partial charge on any atom is -0.480 e. The highest BCUT2D eigenvalue weighted by molar-refractivity contribution is 5.73. The molecule has 0 saturated carbocycles. The maximum absolute atomic E-state index is 10.9. The van der Waals surface area contributed by atoms with Gasteiger partial charge in [-0.3, -0.25) is 9.59 Å². The maximum Gasteiger partial charge on any atom is 0.320 e. The zero-order chi connectivity index (χ0) is 10.7. The number of hydrogen-bond acceptors (Lipinski definition) is 3. The van der Waals surface area contributed by atoms with Crippen LogP contribution in [0.3, 0.4) is 0 Å². The normalized spacial score (nSPS) is 12.4. The molecule has 0 unspecified atom stereocenters. The van der Waals surface area contributed by atoms with Gasteiger partial charge in [-0.25, -0.2) is 0 Å². The van der Waals surface area contributed by atoms with Crippen LogP contribution in [0.25, 0.3) is 0 Å². The Bertz CT molecular complexity index is 397. The number of rotatable bonds is 3. The molecule has 0 amide bonds. The second-order valence-electron chi connectivity index (χ2n) is 3.12. The second-order valence-corrected chi connectivity index (χ2v) is 3.12. The van der Waals surface area contributed by atoms with Gasteiger partial charge in [0.2, 0.25) is 5.56 Å². The molecular formula is C9H12N2O3. The molecule has 1 aromatic rings. The summed E-state index contributed by atoms with van der Waals surface area (Å²) in [5.74, 6) is -1.05. The third kappa shape index (κ3) is 2.43. The van der Waals surface area contributed by atoms with E-state index >= 15 is 0 Å². The molecule has 0 saturated heterocycles. The fourth-order valence-electron chi connectivity index (χ4n) is 1.15. The summed E-state index contributed by atoms with van der Waals surface area (Å²) < 4.78 is 0. The smallest absolute Gasteiger partial charge is 0.320 e. The summed E-state index contributed by atoms with van der Waals surface area (Å²) in [6, 6.07) is 2.02. The fourth-order valence-corrected chi connectivity index (χ4v) is 1.15. The van der Waals surface area contributed by atoms with Crippen molar-refractivity contribution in [1.29, 1.82) is 0 Å². The zero-order valence-electron chi connectivity index (χ0n) is 7.78. The van der Waals surface area contributed by atoms with Gasteiger partial charge in [0.15, 0.2) is 0 Å². The first kappa shape index (κ1) is 10.5. The van der Waals surface area contributed by atoms with E-state index in [1.165, 1.54) is 6.07 Å². The lowest BCUT2D eigenvalue weighted by atomic mass is 10.1. The molecule has 0 aliphatic rings. The highest BCUT2D eigenvalue weighted by atomic mass is 16.4. The van der Waals surface area contributed by atoms with E-state index in [4.69, 9.17) is 10.8 Å². The molecule has 14 heavy (non-hydrogen) atoms. The highest BCUT2D eigenvalue weighted by Gasteiger charge is 2.13. The van der Waals surface area contributed by atoms with Crippen molar-refractivity contribution < 1.29 is 9.90 Å². The minimum atomic E-state index is -1.05. The summed E-state index contributed by atoms with van der Waals surface area (Å²) in [5.41, 5.74) is 6.58. The van der Waals surface area contributed by atoms with E-state index in [-0.39, 0.29) is 12.0 Å². The van der Waals surface area contributed by atoms with Gasteiger partial charge in [-0.15, -0.1) is 0 Å². The first-order valence-corrected chi connectivity index (χ1v) is 4.18. The zero-order valence-corrected chi connectivity index (χ0v) is 7.78. The van der Waals surface area contributed by atoms with Crippen LogP contribution in [0.1, 0.15) is 11.3 Å². The van der Waals surface area contributed by atoms with Crippen LogP contribution in [0, 0.1) is 6.92 Å². The van der Waals surface area contributed by atoms with E-state index in [9.17, 15) is 9.59 Å². The predicted molar refractivity (Wildman–Crippen MR) is 51.1 cm³/mol. The third-order valence-corrected chi connectivity index (χ3v) is 1.99. The van der Waals surface area contributed by atoms with E-state index in [1.807, 2.05) is 0 Å². The quantitative estimate of drug-likeness (QED) is 0.615. The van der Waals surface area contributed by atoms with E-state index in [2.05, 4.69) is 4.98 Å². The van der Waals surface area contributed by atoms with Crippen LogP contribution >= 0.6 is 0 Å². The molecule has 5 heteroatoms. The standard InChI is InChI=1S/C9H12N2O3/c1-5-6(2-3-8(12)11-5)4-7(10)9(13)14/h2-3,7H,4,10H2,1H3,(H,11,12)(H,13,14)/t7-/m1/s1. The first-order chi connectivity index (χ1) is 6.50. The molecule has 0 bridgehead atoms. The number of carbonyl (C=O) groups is 1. The molecule has 76 valence electrons. The number of pyridine rings is 1. The van der Waals surface area contributed by atoms with Crippen LogP contribution in [0.5, 0.6) is 0 Å². The van der Waals surface area contributed by atoms with Crippen LogP contribution < -0.4 is 11.3 Å². The van der Waals surface area contributed by atoms with E-state index in [1.54, 1.807) is 13.0 Å². The average molecular weight is 196 g/mol. The summed E-state index contributed by atoms with van der Waals surface area (Å²) in [4.78, 5) is 23.9. The molecule has 5 nitrogen and oxygen atoms in total. The molecular weight excluding hydrogens is 184 g/mol. The van der Waals surface area contributed by atoms with Crippen LogP contribution in [-0.4, -0.2) is 22.1 Å². The van der Waals surface area contributed by atoms with Gasteiger partial charge in [-0.2, -0.15) is 0 Å². The molecule has 0 radical (unpaired) electrons. The third-order valence-electron chi connectivity index (χ3n) is 1.99. The van der Waals surface area contributed by atoms with Crippen LogP contribution in [0.4, 0.5) is 0 Å². The lowest BCUT2D eigenvalue weighted by Crippen LogP contribution is -2.32. The van der Waals surface area contributed by atoms with Gasteiger partial charge >= 0.3 is 5.97 Å². The maximum atomic E-state index is 10.9. The Hall–Kier alpha value is -1.62. The molecule has 4 N–H and O–H groups in total. The van der Waals surface area contributed by atoms with Crippen molar-refractivity contribution in [3.8, 4) is 0 Å². The van der Waals surface area contributed by atoms with Crippen molar-refractivity contribution >= 4 is 5.97 Å². The molecule has 1 rings (SSSR count). The number of aryl methyl sites for hydroxylation is 1. The highest BCUT2D eigenvalue weighted by Crippen LogP contribution is 2.04. The Morgan fingerprint density at radius 1 is 1.64 bits per heavy atom. The van der Waals surface area contributed by atoms with Gasteiger partial charge in [0, 0.05) is 11.8 Å². The molecule has 1 atom stereocenters. The van der Waals surface area contributed by atoms with Gasteiger partial charge in [0.1, 0.15) is 6.04 Å². The molecule has 0 spiro atoms. The lowest BCUT2D eigenvalue weighted by molar-refractivity contribution is -0.138. The van der Waals surface area contributed by atoms with E-state index in [0.717, 1.165) is 5.56 Å². The van der Waals surface area contributed by atoms with Crippen molar-refractivity contribution in [3.63, 3.8) is 0 Å². The van der Waals surface area contributed by atoms with Crippen molar-refractivity contribution in [3.05, 3.63) is 33.7 Å². The first-order valence-electron chi connectivity index (χ1n) is 4.18. The topological polar surface area (TPSA) is 96.2 Å². The number of carboxylic acids is 1. The summed E-state index contributed by atoms with van der Waals surface area (Å²) in [7, 11) is 0. The number of aromatic nitrogens is 1. The number of carboxylic acid groups (broad SMARTS) is 1. The predicted octanol–water partition coefficient (Wildman–Crippen LogP) is -0.362. The number of aliphatic carboxylic acids is 1. The van der Waals surface area contributed by atoms with Crippen LogP contribution in [0.2, 0.25) is 0 Å². The van der Waals surface area contributed by atoms with Crippen molar-refractivity contribution in [2.45, 2.75) is 19.4 Å². The summed E-state index contributed by atoms with van der Waals surface area (Å²) in [5, 5.41) is 8.59. The summed E-state index contributed by atoms with van der Waals surface area (Å²) in [6.07, 6.45) is 0.220. The monoisotopic (exact) mass is 196 g/mol. The minimum absolute atomic E-state index is 0.199. The van der Waals surface area contributed by atoms with Gasteiger partial charge < -0.3 is 15.8 Å². The molecule has 0 aliphatic heterocycles. The Morgan fingerprint density at radius 3 is 2.79 bits per heavy atom. The number of aromatic amines is 1.